The Morgan fingerprint density at radius 3 is 2.26 bits per heavy atom. The van der Waals surface area contributed by atoms with E-state index in [4.69, 9.17) is 5.73 Å². The fourth-order valence-corrected chi connectivity index (χ4v) is 2.71. The average Bonchev–Trinajstić information content (AvgIpc) is 2.66. The molecule has 1 aromatic rings. The SMILES string of the molecule is Nc1ccc(N2CCC3(CC2)NC(=O)NC3=O)cc1. The van der Waals surface area contributed by atoms with Crippen molar-refractivity contribution in [2.75, 3.05) is 23.7 Å². The molecule has 2 heterocycles. The van der Waals surface area contributed by atoms with Gasteiger partial charge in [-0.2, -0.15) is 0 Å². The van der Waals surface area contributed by atoms with Crippen molar-refractivity contribution in [3.63, 3.8) is 0 Å². The van der Waals surface area contributed by atoms with Crippen molar-refractivity contribution in [1.29, 1.82) is 0 Å². The van der Waals surface area contributed by atoms with Gasteiger partial charge in [-0.3, -0.25) is 10.1 Å². The monoisotopic (exact) mass is 260 g/mol. The summed E-state index contributed by atoms with van der Waals surface area (Å²) in [5, 5.41) is 5.07. The van der Waals surface area contributed by atoms with Gasteiger partial charge in [0, 0.05) is 24.5 Å². The van der Waals surface area contributed by atoms with E-state index >= 15 is 0 Å². The summed E-state index contributed by atoms with van der Waals surface area (Å²) < 4.78 is 0. The van der Waals surface area contributed by atoms with Gasteiger partial charge < -0.3 is 16.0 Å². The lowest BCUT2D eigenvalue weighted by Crippen LogP contribution is -2.54. The number of nitrogens with one attached hydrogen (secondary N) is 2. The number of piperidine rings is 1. The highest BCUT2D eigenvalue weighted by Crippen LogP contribution is 2.28. The van der Waals surface area contributed by atoms with Crippen LogP contribution in [0.2, 0.25) is 0 Å². The summed E-state index contributed by atoms with van der Waals surface area (Å²) in [6, 6.07) is 7.29. The van der Waals surface area contributed by atoms with E-state index in [2.05, 4.69) is 15.5 Å². The van der Waals surface area contributed by atoms with Gasteiger partial charge in [0.25, 0.3) is 5.91 Å². The number of imide groups is 1. The van der Waals surface area contributed by atoms with E-state index in [-0.39, 0.29) is 11.9 Å². The molecule has 6 heteroatoms. The number of amides is 3. The highest BCUT2D eigenvalue weighted by atomic mass is 16.2. The molecule has 0 bridgehead atoms. The predicted molar refractivity (Wildman–Crippen MR) is 71.7 cm³/mol. The molecule has 3 amide bonds. The summed E-state index contributed by atoms with van der Waals surface area (Å²) in [5.41, 5.74) is 6.79. The Morgan fingerprint density at radius 2 is 1.74 bits per heavy atom. The van der Waals surface area contributed by atoms with Crippen LogP contribution in [0, 0.1) is 0 Å². The molecule has 2 aliphatic heterocycles. The number of anilines is 2. The van der Waals surface area contributed by atoms with E-state index in [0.717, 1.165) is 24.5 Å². The predicted octanol–water partition coefficient (Wildman–Crippen LogP) is 0.447. The first kappa shape index (κ1) is 11.8. The molecule has 0 aliphatic carbocycles. The van der Waals surface area contributed by atoms with Crippen molar-refractivity contribution in [3.8, 4) is 0 Å². The van der Waals surface area contributed by atoms with Crippen molar-refractivity contribution in [2.45, 2.75) is 18.4 Å². The third-order valence-electron chi connectivity index (χ3n) is 3.89. The zero-order valence-corrected chi connectivity index (χ0v) is 10.5. The van der Waals surface area contributed by atoms with Gasteiger partial charge in [0.15, 0.2) is 0 Å². The van der Waals surface area contributed by atoms with Crippen molar-refractivity contribution < 1.29 is 9.59 Å². The van der Waals surface area contributed by atoms with E-state index in [9.17, 15) is 9.59 Å². The highest BCUT2D eigenvalue weighted by molar-refractivity contribution is 6.07. The molecule has 0 saturated carbocycles. The standard InChI is InChI=1S/C13H16N4O2/c14-9-1-3-10(4-2-9)17-7-5-13(6-8-17)11(18)15-12(19)16-13/h1-4H,5-8,14H2,(H2,15,16,18,19). The average molecular weight is 260 g/mol. The van der Waals surface area contributed by atoms with Gasteiger partial charge in [-0.1, -0.05) is 0 Å². The van der Waals surface area contributed by atoms with E-state index in [1.165, 1.54) is 0 Å². The van der Waals surface area contributed by atoms with Gasteiger partial charge in [0.2, 0.25) is 0 Å². The molecule has 0 aromatic heterocycles. The largest absolute Gasteiger partial charge is 0.399 e. The van der Waals surface area contributed by atoms with Crippen LogP contribution in [0.25, 0.3) is 0 Å². The van der Waals surface area contributed by atoms with Crippen molar-refractivity contribution in [2.24, 2.45) is 0 Å². The molecule has 2 saturated heterocycles. The molecule has 0 atom stereocenters. The Hall–Kier alpha value is -2.24. The summed E-state index contributed by atoms with van der Waals surface area (Å²) in [5.74, 6) is -0.200. The minimum absolute atomic E-state index is 0.200. The fraction of sp³-hybridized carbons (Fsp3) is 0.385. The zero-order valence-electron chi connectivity index (χ0n) is 10.5. The molecule has 6 nitrogen and oxygen atoms in total. The Bertz CT molecular complexity index is 518. The molecule has 1 spiro atoms. The summed E-state index contributed by atoms with van der Waals surface area (Å²) >= 11 is 0. The lowest BCUT2D eigenvalue weighted by molar-refractivity contribution is -0.124. The maximum absolute atomic E-state index is 11.8. The van der Waals surface area contributed by atoms with Crippen LogP contribution >= 0.6 is 0 Å². The molecule has 1 aromatic carbocycles. The molecule has 100 valence electrons. The third-order valence-corrected chi connectivity index (χ3v) is 3.89. The fourth-order valence-electron chi connectivity index (χ4n) is 2.71. The zero-order chi connectivity index (χ0) is 13.5. The molecule has 19 heavy (non-hydrogen) atoms. The van der Waals surface area contributed by atoms with Gasteiger partial charge in [0.1, 0.15) is 5.54 Å². The molecule has 0 unspecified atom stereocenters. The number of nitrogens with zero attached hydrogens (tertiary/aromatic N) is 1. The minimum atomic E-state index is -0.707. The van der Waals surface area contributed by atoms with E-state index < -0.39 is 5.54 Å². The van der Waals surface area contributed by atoms with Crippen molar-refractivity contribution in [3.05, 3.63) is 24.3 Å². The van der Waals surface area contributed by atoms with Crippen molar-refractivity contribution >= 4 is 23.3 Å². The Labute approximate surface area is 110 Å². The lowest BCUT2D eigenvalue weighted by Gasteiger charge is -2.38. The van der Waals surface area contributed by atoms with E-state index in [0.29, 0.717) is 12.8 Å². The normalized spacial score (nSPS) is 21.4. The number of nitrogens with two attached hydrogens (primary N) is 1. The molecule has 4 N–H and O–H groups in total. The molecule has 0 radical (unpaired) electrons. The van der Waals surface area contributed by atoms with Gasteiger partial charge in [-0.15, -0.1) is 0 Å². The summed E-state index contributed by atoms with van der Waals surface area (Å²) in [7, 11) is 0. The maximum Gasteiger partial charge on any atom is 0.322 e. The third kappa shape index (κ3) is 1.99. The smallest absolute Gasteiger partial charge is 0.322 e. The Morgan fingerprint density at radius 1 is 1.11 bits per heavy atom. The van der Waals surface area contributed by atoms with E-state index in [1.54, 1.807) is 0 Å². The van der Waals surface area contributed by atoms with Gasteiger partial charge >= 0.3 is 6.03 Å². The second-order valence-electron chi connectivity index (χ2n) is 5.07. The van der Waals surface area contributed by atoms with Crippen LogP contribution in [-0.4, -0.2) is 30.6 Å². The molecular formula is C13H16N4O2. The number of benzene rings is 1. The number of hydrogen-bond donors (Lipinski definition) is 3. The van der Waals surface area contributed by atoms with Gasteiger partial charge in [-0.25, -0.2) is 4.79 Å². The number of carbonyl (C=O) groups is 2. The maximum atomic E-state index is 11.8. The number of urea groups is 1. The minimum Gasteiger partial charge on any atom is -0.399 e. The molecule has 2 fully saturated rings. The van der Waals surface area contributed by atoms with Gasteiger partial charge in [0.05, 0.1) is 0 Å². The summed E-state index contributed by atoms with van der Waals surface area (Å²) in [6.07, 6.45) is 1.24. The number of rotatable bonds is 1. The first-order chi connectivity index (χ1) is 9.09. The van der Waals surface area contributed by atoms with Crippen LogP contribution in [-0.2, 0) is 4.79 Å². The number of nitrogen functional groups attached to an aromatic ring is 1. The molecule has 3 rings (SSSR count). The topological polar surface area (TPSA) is 87.5 Å². The van der Waals surface area contributed by atoms with Crippen LogP contribution in [0.5, 0.6) is 0 Å². The summed E-state index contributed by atoms with van der Waals surface area (Å²) in [4.78, 5) is 25.3. The second-order valence-corrected chi connectivity index (χ2v) is 5.07. The quantitative estimate of drug-likeness (QED) is 0.505. The molecule has 2 aliphatic rings. The van der Waals surface area contributed by atoms with Crippen LogP contribution in [0.3, 0.4) is 0 Å². The van der Waals surface area contributed by atoms with Gasteiger partial charge in [-0.05, 0) is 37.1 Å². The van der Waals surface area contributed by atoms with Crippen LogP contribution in [0.4, 0.5) is 16.2 Å². The second kappa shape index (κ2) is 4.15. The van der Waals surface area contributed by atoms with Crippen LogP contribution in [0.15, 0.2) is 24.3 Å². The first-order valence-corrected chi connectivity index (χ1v) is 6.33. The number of hydrogen-bond acceptors (Lipinski definition) is 4. The first-order valence-electron chi connectivity index (χ1n) is 6.33. The Balaban J connectivity index is 1.71. The summed E-state index contributed by atoms with van der Waals surface area (Å²) in [6.45, 7) is 1.47. The highest BCUT2D eigenvalue weighted by Gasteiger charge is 2.47. The van der Waals surface area contributed by atoms with Crippen LogP contribution in [0.1, 0.15) is 12.8 Å². The Kier molecular flexibility index (Phi) is 2.58. The molecular weight excluding hydrogens is 244 g/mol. The van der Waals surface area contributed by atoms with E-state index in [1.807, 2.05) is 24.3 Å². The number of carbonyl (C=O) groups excluding carboxylic acids is 2. The van der Waals surface area contributed by atoms with Crippen LogP contribution < -0.4 is 21.3 Å². The van der Waals surface area contributed by atoms with Crippen molar-refractivity contribution in [1.82, 2.24) is 10.6 Å². The lowest BCUT2D eigenvalue weighted by atomic mass is 9.87.